The molecule has 0 rings (SSSR count). The van der Waals surface area contributed by atoms with Gasteiger partial charge < -0.3 is 5.32 Å². The first-order valence-electron chi connectivity index (χ1n) is 5.53. The van der Waals surface area contributed by atoms with Gasteiger partial charge >= 0.3 is 0 Å². The first-order chi connectivity index (χ1) is 6.62. The van der Waals surface area contributed by atoms with E-state index >= 15 is 0 Å². The fourth-order valence-electron chi connectivity index (χ4n) is 1.20. The molecule has 0 aliphatic carbocycles. The molecule has 0 fully saturated rings. The van der Waals surface area contributed by atoms with Crippen LogP contribution in [-0.4, -0.2) is 33.0 Å². The SMILES string of the molecule is CCCCCS(=O)(=O)CCNCCC. The molecule has 0 aliphatic heterocycles. The van der Waals surface area contributed by atoms with Gasteiger partial charge in [0.05, 0.1) is 11.5 Å². The zero-order valence-corrected chi connectivity index (χ0v) is 10.2. The summed E-state index contributed by atoms with van der Waals surface area (Å²) < 4.78 is 22.9. The van der Waals surface area contributed by atoms with E-state index in [9.17, 15) is 8.42 Å². The fourth-order valence-corrected chi connectivity index (χ4v) is 2.51. The zero-order chi connectivity index (χ0) is 10.9. The normalized spacial score (nSPS) is 11.9. The smallest absolute Gasteiger partial charge is 0.151 e. The van der Waals surface area contributed by atoms with E-state index in [0.29, 0.717) is 12.3 Å². The molecule has 0 heterocycles. The van der Waals surface area contributed by atoms with Crippen LogP contribution in [0.5, 0.6) is 0 Å². The van der Waals surface area contributed by atoms with Crippen LogP contribution < -0.4 is 5.32 Å². The van der Waals surface area contributed by atoms with E-state index in [1.54, 1.807) is 0 Å². The number of hydrogen-bond acceptors (Lipinski definition) is 3. The van der Waals surface area contributed by atoms with Crippen molar-refractivity contribution in [1.29, 1.82) is 0 Å². The van der Waals surface area contributed by atoms with E-state index < -0.39 is 9.84 Å². The van der Waals surface area contributed by atoms with Gasteiger partial charge in [-0.1, -0.05) is 26.7 Å². The first kappa shape index (κ1) is 13.9. The predicted octanol–water partition coefficient (Wildman–Crippen LogP) is 1.59. The first-order valence-corrected chi connectivity index (χ1v) is 7.35. The second kappa shape index (κ2) is 8.24. The third-order valence-corrected chi connectivity index (χ3v) is 3.81. The average Bonchev–Trinajstić information content (AvgIpc) is 2.13. The predicted molar refractivity (Wildman–Crippen MR) is 61.3 cm³/mol. The van der Waals surface area contributed by atoms with Gasteiger partial charge in [0, 0.05) is 6.54 Å². The van der Waals surface area contributed by atoms with Gasteiger partial charge in [0.2, 0.25) is 0 Å². The molecule has 4 heteroatoms. The van der Waals surface area contributed by atoms with Crippen LogP contribution in [0.25, 0.3) is 0 Å². The van der Waals surface area contributed by atoms with Crippen molar-refractivity contribution in [1.82, 2.24) is 5.32 Å². The van der Waals surface area contributed by atoms with E-state index in [-0.39, 0.29) is 5.75 Å². The largest absolute Gasteiger partial charge is 0.316 e. The topological polar surface area (TPSA) is 46.2 Å². The number of rotatable bonds is 9. The molecule has 14 heavy (non-hydrogen) atoms. The Morgan fingerprint density at radius 1 is 0.929 bits per heavy atom. The molecule has 0 aromatic carbocycles. The molecule has 0 aromatic heterocycles. The van der Waals surface area contributed by atoms with Gasteiger partial charge in [-0.15, -0.1) is 0 Å². The van der Waals surface area contributed by atoms with Crippen LogP contribution in [0.15, 0.2) is 0 Å². The van der Waals surface area contributed by atoms with Gasteiger partial charge in [-0.05, 0) is 19.4 Å². The Bertz CT molecular complexity index is 212. The maximum absolute atomic E-state index is 11.4. The Balaban J connectivity index is 3.52. The van der Waals surface area contributed by atoms with Crippen molar-refractivity contribution in [2.24, 2.45) is 0 Å². The lowest BCUT2D eigenvalue weighted by atomic mass is 10.3. The van der Waals surface area contributed by atoms with Crippen LogP contribution in [0.1, 0.15) is 39.5 Å². The number of unbranched alkanes of at least 4 members (excludes halogenated alkanes) is 2. The van der Waals surface area contributed by atoms with E-state index in [0.717, 1.165) is 32.2 Å². The molecule has 0 saturated heterocycles. The molecular weight excluding hydrogens is 198 g/mol. The Kier molecular flexibility index (Phi) is 8.18. The molecule has 0 aromatic rings. The Hall–Kier alpha value is -0.0900. The Morgan fingerprint density at radius 2 is 1.64 bits per heavy atom. The minimum Gasteiger partial charge on any atom is -0.316 e. The third kappa shape index (κ3) is 8.51. The summed E-state index contributed by atoms with van der Waals surface area (Å²) >= 11 is 0. The average molecular weight is 221 g/mol. The summed E-state index contributed by atoms with van der Waals surface area (Å²) in [7, 11) is -2.80. The fraction of sp³-hybridized carbons (Fsp3) is 1.00. The van der Waals surface area contributed by atoms with Crippen molar-refractivity contribution in [3.8, 4) is 0 Å². The van der Waals surface area contributed by atoms with Gasteiger partial charge in [0.25, 0.3) is 0 Å². The van der Waals surface area contributed by atoms with Crippen molar-refractivity contribution < 1.29 is 8.42 Å². The molecule has 0 spiro atoms. The zero-order valence-electron chi connectivity index (χ0n) is 9.38. The van der Waals surface area contributed by atoms with E-state index in [1.807, 2.05) is 0 Å². The minimum absolute atomic E-state index is 0.288. The van der Waals surface area contributed by atoms with Crippen LogP contribution in [0, 0.1) is 0 Å². The highest BCUT2D eigenvalue weighted by atomic mass is 32.2. The van der Waals surface area contributed by atoms with E-state index in [4.69, 9.17) is 0 Å². The second-order valence-corrected chi connectivity index (χ2v) is 5.91. The molecule has 0 amide bonds. The summed E-state index contributed by atoms with van der Waals surface area (Å²) in [5.74, 6) is 0.644. The summed E-state index contributed by atoms with van der Waals surface area (Å²) in [6.45, 7) is 5.66. The summed E-state index contributed by atoms with van der Waals surface area (Å²) in [5, 5.41) is 3.10. The maximum Gasteiger partial charge on any atom is 0.151 e. The lowest BCUT2D eigenvalue weighted by molar-refractivity contribution is 0.585. The third-order valence-electron chi connectivity index (χ3n) is 2.08. The minimum atomic E-state index is -2.80. The summed E-state index contributed by atoms with van der Waals surface area (Å²) in [4.78, 5) is 0. The highest BCUT2D eigenvalue weighted by Crippen LogP contribution is 1.99. The van der Waals surface area contributed by atoms with Crippen molar-refractivity contribution in [2.75, 3.05) is 24.6 Å². The van der Waals surface area contributed by atoms with E-state index in [1.165, 1.54) is 0 Å². The van der Waals surface area contributed by atoms with E-state index in [2.05, 4.69) is 19.2 Å². The van der Waals surface area contributed by atoms with Crippen LogP contribution in [-0.2, 0) is 9.84 Å². The summed E-state index contributed by atoms with van der Waals surface area (Å²) in [6, 6.07) is 0. The molecule has 1 N–H and O–H groups in total. The van der Waals surface area contributed by atoms with Gasteiger partial charge in [0.1, 0.15) is 0 Å². The van der Waals surface area contributed by atoms with Crippen LogP contribution in [0.4, 0.5) is 0 Å². The molecule has 0 atom stereocenters. The standard InChI is InChI=1S/C10H23NO2S/c1-3-5-6-9-14(12,13)10-8-11-7-4-2/h11H,3-10H2,1-2H3. The van der Waals surface area contributed by atoms with Gasteiger partial charge in [0.15, 0.2) is 9.84 Å². The monoisotopic (exact) mass is 221 g/mol. The molecule has 0 aliphatic rings. The molecular formula is C10H23NO2S. The van der Waals surface area contributed by atoms with Gasteiger partial charge in [-0.25, -0.2) is 8.42 Å². The second-order valence-electron chi connectivity index (χ2n) is 3.61. The van der Waals surface area contributed by atoms with Gasteiger partial charge in [-0.2, -0.15) is 0 Å². The Labute approximate surface area is 88.2 Å². The lowest BCUT2D eigenvalue weighted by Gasteiger charge is -2.04. The highest BCUT2D eigenvalue weighted by molar-refractivity contribution is 7.91. The highest BCUT2D eigenvalue weighted by Gasteiger charge is 2.08. The van der Waals surface area contributed by atoms with Crippen LogP contribution >= 0.6 is 0 Å². The number of hydrogen-bond donors (Lipinski definition) is 1. The molecule has 0 radical (unpaired) electrons. The summed E-state index contributed by atoms with van der Waals surface area (Å²) in [5.41, 5.74) is 0. The van der Waals surface area contributed by atoms with Crippen molar-refractivity contribution >= 4 is 9.84 Å². The van der Waals surface area contributed by atoms with Crippen LogP contribution in [0.2, 0.25) is 0 Å². The number of nitrogens with one attached hydrogen (secondary N) is 1. The quantitative estimate of drug-likeness (QED) is 0.601. The van der Waals surface area contributed by atoms with Crippen LogP contribution in [0.3, 0.4) is 0 Å². The molecule has 3 nitrogen and oxygen atoms in total. The van der Waals surface area contributed by atoms with Crippen molar-refractivity contribution in [2.45, 2.75) is 39.5 Å². The molecule has 0 saturated carbocycles. The maximum atomic E-state index is 11.4. The number of sulfone groups is 1. The van der Waals surface area contributed by atoms with Crippen molar-refractivity contribution in [3.63, 3.8) is 0 Å². The Morgan fingerprint density at radius 3 is 2.21 bits per heavy atom. The lowest BCUT2D eigenvalue weighted by Crippen LogP contribution is -2.24. The molecule has 0 unspecified atom stereocenters. The molecule has 86 valence electrons. The summed E-state index contributed by atoms with van der Waals surface area (Å²) in [6.07, 6.45) is 3.95. The molecule has 0 bridgehead atoms. The van der Waals surface area contributed by atoms with Gasteiger partial charge in [-0.3, -0.25) is 0 Å². The van der Waals surface area contributed by atoms with Crippen molar-refractivity contribution in [3.05, 3.63) is 0 Å².